The summed E-state index contributed by atoms with van der Waals surface area (Å²) in [4.78, 5) is 40.1. The summed E-state index contributed by atoms with van der Waals surface area (Å²) in [5.74, 6) is -1.21. The molecule has 0 spiro atoms. The topological polar surface area (TPSA) is 97.4 Å². The van der Waals surface area contributed by atoms with Crippen molar-refractivity contribution < 1.29 is 19.1 Å². The van der Waals surface area contributed by atoms with Crippen molar-refractivity contribution in [3.05, 3.63) is 76.8 Å². The Labute approximate surface area is 178 Å². The number of esters is 1. The summed E-state index contributed by atoms with van der Waals surface area (Å²) in [5, 5.41) is 7.98. The molecule has 0 fully saturated rings. The summed E-state index contributed by atoms with van der Waals surface area (Å²) >= 11 is 1.29. The maximum absolute atomic E-state index is 12.3. The number of nitrogens with zero attached hydrogens (tertiary/aromatic N) is 1. The first-order chi connectivity index (χ1) is 14.4. The van der Waals surface area contributed by atoms with Crippen molar-refractivity contribution in [2.75, 3.05) is 10.6 Å². The molecule has 154 valence electrons. The zero-order chi connectivity index (χ0) is 21.5. The number of ketones is 1. The van der Waals surface area contributed by atoms with E-state index in [4.69, 9.17) is 4.74 Å². The van der Waals surface area contributed by atoms with Crippen LogP contribution in [0.2, 0.25) is 0 Å². The predicted molar refractivity (Wildman–Crippen MR) is 116 cm³/mol. The Morgan fingerprint density at radius 2 is 1.77 bits per heavy atom. The minimum atomic E-state index is -1.01. The quantitative estimate of drug-likeness (QED) is 0.417. The molecule has 1 aromatic heterocycles. The number of hydrogen-bond acceptors (Lipinski definition) is 7. The molecule has 7 nitrogen and oxygen atoms in total. The SMILES string of the molecule is CC(=O)c1ccc(NC(=O)C(C)OC(=O)c2csc(NCc3ccccc3)n2)cc1. The molecule has 3 aromatic rings. The molecule has 0 radical (unpaired) electrons. The molecule has 0 saturated heterocycles. The first-order valence-corrected chi connectivity index (χ1v) is 10.2. The second-order valence-electron chi connectivity index (χ2n) is 6.55. The summed E-state index contributed by atoms with van der Waals surface area (Å²) in [6.45, 7) is 3.54. The smallest absolute Gasteiger partial charge is 0.358 e. The molecule has 1 amide bonds. The van der Waals surface area contributed by atoms with Gasteiger partial charge in [0, 0.05) is 23.2 Å². The monoisotopic (exact) mass is 423 g/mol. The molecule has 0 saturated carbocycles. The zero-order valence-electron chi connectivity index (χ0n) is 16.5. The first kappa shape index (κ1) is 21.2. The maximum Gasteiger partial charge on any atom is 0.358 e. The van der Waals surface area contributed by atoms with E-state index >= 15 is 0 Å². The van der Waals surface area contributed by atoms with Gasteiger partial charge in [-0.1, -0.05) is 30.3 Å². The molecule has 1 unspecified atom stereocenters. The second kappa shape index (κ2) is 9.80. The number of aromatic nitrogens is 1. The number of amides is 1. The van der Waals surface area contributed by atoms with E-state index in [-0.39, 0.29) is 11.5 Å². The number of benzene rings is 2. The molecule has 30 heavy (non-hydrogen) atoms. The molecule has 2 aromatic carbocycles. The molecule has 0 bridgehead atoms. The van der Waals surface area contributed by atoms with Gasteiger partial charge in [-0.05, 0) is 43.7 Å². The van der Waals surface area contributed by atoms with Gasteiger partial charge in [-0.25, -0.2) is 9.78 Å². The first-order valence-electron chi connectivity index (χ1n) is 9.28. The van der Waals surface area contributed by atoms with Crippen molar-refractivity contribution in [3.63, 3.8) is 0 Å². The van der Waals surface area contributed by atoms with Gasteiger partial charge in [0.15, 0.2) is 22.7 Å². The van der Waals surface area contributed by atoms with Gasteiger partial charge in [-0.15, -0.1) is 11.3 Å². The van der Waals surface area contributed by atoms with Crippen LogP contribution in [0.1, 0.15) is 40.3 Å². The van der Waals surface area contributed by atoms with Crippen LogP contribution in [0.25, 0.3) is 0 Å². The van der Waals surface area contributed by atoms with Crippen LogP contribution in [0.15, 0.2) is 60.0 Å². The van der Waals surface area contributed by atoms with E-state index in [1.54, 1.807) is 29.6 Å². The third kappa shape index (κ3) is 5.74. The summed E-state index contributed by atoms with van der Waals surface area (Å²) in [7, 11) is 0. The molecular weight excluding hydrogens is 402 g/mol. The largest absolute Gasteiger partial charge is 0.448 e. The Balaban J connectivity index is 1.51. The van der Waals surface area contributed by atoms with Gasteiger partial charge < -0.3 is 15.4 Å². The number of ether oxygens (including phenoxy) is 1. The van der Waals surface area contributed by atoms with Gasteiger partial charge >= 0.3 is 5.97 Å². The van der Waals surface area contributed by atoms with E-state index < -0.39 is 18.0 Å². The standard InChI is InChI=1S/C22H21N3O4S/c1-14(26)17-8-10-18(11-9-17)24-20(27)15(2)29-21(28)19-13-30-22(25-19)23-12-16-6-4-3-5-7-16/h3-11,13,15H,12H2,1-2H3,(H,23,25)(H,24,27). The number of carbonyl (C=O) groups is 3. The molecule has 1 atom stereocenters. The number of anilines is 2. The Hall–Kier alpha value is -3.52. The second-order valence-corrected chi connectivity index (χ2v) is 7.41. The van der Waals surface area contributed by atoms with Crippen LogP contribution >= 0.6 is 11.3 Å². The van der Waals surface area contributed by atoms with E-state index in [0.29, 0.717) is 22.9 Å². The third-order valence-corrected chi connectivity index (χ3v) is 5.01. The molecule has 0 aliphatic carbocycles. The van der Waals surface area contributed by atoms with Gasteiger partial charge in [-0.2, -0.15) is 0 Å². The van der Waals surface area contributed by atoms with Gasteiger partial charge in [-0.3, -0.25) is 9.59 Å². The van der Waals surface area contributed by atoms with E-state index in [0.717, 1.165) is 5.56 Å². The average Bonchev–Trinajstić information content (AvgIpc) is 3.22. The number of nitrogens with one attached hydrogen (secondary N) is 2. The lowest BCUT2D eigenvalue weighted by Gasteiger charge is -2.13. The molecule has 8 heteroatoms. The molecule has 0 aliphatic heterocycles. The molecule has 0 aliphatic rings. The van der Waals surface area contributed by atoms with Crippen molar-refractivity contribution in [2.24, 2.45) is 0 Å². The summed E-state index contributed by atoms with van der Waals surface area (Å²) < 4.78 is 5.22. The number of rotatable bonds is 8. The van der Waals surface area contributed by atoms with E-state index in [1.165, 1.54) is 25.2 Å². The van der Waals surface area contributed by atoms with Crippen molar-refractivity contribution in [1.82, 2.24) is 4.98 Å². The Bertz CT molecular complexity index is 1030. The lowest BCUT2D eigenvalue weighted by molar-refractivity contribution is -0.123. The summed E-state index contributed by atoms with van der Waals surface area (Å²) in [6.07, 6.45) is -1.01. The van der Waals surface area contributed by atoms with E-state index in [9.17, 15) is 14.4 Å². The van der Waals surface area contributed by atoms with Crippen LogP contribution in [0, 0.1) is 0 Å². The normalized spacial score (nSPS) is 11.4. The Morgan fingerprint density at radius 3 is 2.43 bits per heavy atom. The lowest BCUT2D eigenvalue weighted by Crippen LogP contribution is -2.30. The summed E-state index contributed by atoms with van der Waals surface area (Å²) in [6, 6.07) is 16.3. The number of thiazole rings is 1. The van der Waals surface area contributed by atoms with Crippen LogP contribution in [0.3, 0.4) is 0 Å². The van der Waals surface area contributed by atoms with Crippen molar-refractivity contribution in [3.8, 4) is 0 Å². The molecular formula is C22H21N3O4S. The highest BCUT2D eigenvalue weighted by Gasteiger charge is 2.21. The highest BCUT2D eigenvalue weighted by atomic mass is 32.1. The minimum Gasteiger partial charge on any atom is -0.448 e. The van der Waals surface area contributed by atoms with E-state index in [1.807, 2.05) is 30.3 Å². The van der Waals surface area contributed by atoms with Crippen LogP contribution < -0.4 is 10.6 Å². The fourth-order valence-electron chi connectivity index (χ4n) is 2.53. The molecule has 2 N–H and O–H groups in total. The Kier molecular flexibility index (Phi) is 6.92. The van der Waals surface area contributed by atoms with Crippen LogP contribution in [-0.4, -0.2) is 28.7 Å². The fraction of sp³-hybridized carbons (Fsp3) is 0.182. The predicted octanol–water partition coefficient (Wildman–Crippen LogP) is 4.14. The summed E-state index contributed by atoms with van der Waals surface area (Å²) in [5.41, 5.74) is 2.29. The van der Waals surface area contributed by atoms with Crippen molar-refractivity contribution >= 4 is 39.8 Å². The third-order valence-electron chi connectivity index (χ3n) is 4.21. The van der Waals surface area contributed by atoms with Crippen LogP contribution in [0.5, 0.6) is 0 Å². The lowest BCUT2D eigenvalue weighted by atomic mass is 10.1. The molecule has 1 heterocycles. The highest BCUT2D eigenvalue weighted by Crippen LogP contribution is 2.18. The number of carbonyl (C=O) groups excluding carboxylic acids is 3. The Morgan fingerprint density at radius 1 is 1.07 bits per heavy atom. The average molecular weight is 423 g/mol. The van der Waals surface area contributed by atoms with Crippen LogP contribution in [-0.2, 0) is 16.1 Å². The van der Waals surface area contributed by atoms with E-state index in [2.05, 4.69) is 15.6 Å². The number of Topliss-reactive ketones (excluding diaryl/α,β-unsaturated/α-hetero) is 1. The van der Waals surface area contributed by atoms with Gasteiger partial charge in [0.25, 0.3) is 5.91 Å². The van der Waals surface area contributed by atoms with Crippen LogP contribution in [0.4, 0.5) is 10.8 Å². The van der Waals surface area contributed by atoms with Crippen molar-refractivity contribution in [1.29, 1.82) is 0 Å². The zero-order valence-corrected chi connectivity index (χ0v) is 17.4. The van der Waals surface area contributed by atoms with Gasteiger partial charge in [0.2, 0.25) is 0 Å². The van der Waals surface area contributed by atoms with Crippen molar-refractivity contribution in [2.45, 2.75) is 26.5 Å². The highest BCUT2D eigenvalue weighted by molar-refractivity contribution is 7.13. The van der Waals surface area contributed by atoms with Gasteiger partial charge in [0.1, 0.15) is 0 Å². The maximum atomic E-state index is 12.3. The number of hydrogen-bond donors (Lipinski definition) is 2. The fourth-order valence-corrected chi connectivity index (χ4v) is 3.21. The van der Waals surface area contributed by atoms with Gasteiger partial charge in [0.05, 0.1) is 0 Å². The molecule has 3 rings (SSSR count). The minimum absolute atomic E-state index is 0.0592.